The van der Waals surface area contributed by atoms with Gasteiger partial charge in [-0.2, -0.15) is 12.0 Å². The Labute approximate surface area is 43.4 Å². The molecule has 0 aliphatic heterocycles. The highest BCUT2D eigenvalue weighted by Crippen LogP contribution is 1.96. The smallest absolute Gasteiger partial charge is 0.0673 e. The molecule has 1 nitrogen and oxygen atoms in total. The van der Waals surface area contributed by atoms with E-state index in [1.54, 1.807) is 0 Å². The van der Waals surface area contributed by atoms with Crippen LogP contribution in [0.1, 0.15) is 12.5 Å². The van der Waals surface area contributed by atoms with E-state index in [4.69, 9.17) is 0 Å². The molecule has 38 valence electrons. The van der Waals surface area contributed by atoms with Crippen molar-refractivity contribution in [3.63, 3.8) is 0 Å². The highest BCUT2D eigenvalue weighted by atomic mass is 14.6. The molecule has 0 atom stereocenters. The van der Waals surface area contributed by atoms with Gasteiger partial charge in [-0.15, -0.1) is 12.3 Å². The maximum absolute atomic E-state index is 2.95. The third-order valence-electron chi connectivity index (χ3n) is 0.955. The molecule has 0 saturated heterocycles. The summed E-state index contributed by atoms with van der Waals surface area (Å²) in [7, 11) is 0. The Morgan fingerprint density at radius 3 is 2.86 bits per heavy atom. The summed E-state index contributed by atoms with van der Waals surface area (Å²) in [5.74, 6) is 0. The first kappa shape index (κ1) is 4.31. The van der Waals surface area contributed by atoms with Gasteiger partial charge in [-0.1, -0.05) is 13.1 Å². The molecule has 1 heteroatoms. The van der Waals surface area contributed by atoms with Gasteiger partial charge in [0.15, 0.2) is 0 Å². The van der Waals surface area contributed by atoms with E-state index in [-0.39, 0.29) is 0 Å². The summed E-state index contributed by atoms with van der Waals surface area (Å²) in [6, 6.07) is 2.03. The fraction of sp³-hybridized carbons (Fsp3) is 0.167. The average molecular weight is 94.1 g/mol. The van der Waals surface area contributed by atoms with Crippen molar-refractivity contribution in [1.29, 1.82) is 0 Å². The van der Waals surface area contributed by atoms with Crippen LogP contribution >= 0.6 is 0 Å². The van der Waals surface area contributed by atoms with Gasteiger partial charge in [0.1, 0.15) is 0 Å². The SMILES string of the molecule is C[CH-]c1cc[nH]c1. The molecular formula is C6H8N-. The summed E-state index contributed by atoms with van der Waals surface area (Å²) < 4.78 is 0. The van der Waals surface area contributed by atoms with Crippen LogP contribution in [0.15, 0.2) is 18.5 Å². The summed E-state index contributed by atoms with van der Waals surface area (Å²) in [6.07, 6.45) is 5.92. The Hall–Kier alpha value is -0.850. The minimum Gasteiger partial charge on any atom is -0.430 e. The van der Waals surface area contributed by atoms with Crippen LogP contribution in [0.4, 0.5) is 0 Å². The summed E-state index contributed by atoms with van der Waals surface area (Å²) in [5, 5.41) is 0. The quantitative estimate of drug-likeness (QED) is 0.508. The lowest BCUT2D eigenvalue weighted by atomic mass is 10.3. The number of hydrogen-bond acceptors (Lipinski definition) is 0. The molecule has 1 heterocycles. The Bertz CT molecular complexity index is 119. The van der Waals surface area contributed by atoms with Crippen molar-refractivity contribution in [2.24, 2.45) is 0 Å². The van der Waals surface area contributed by atoms with Gasteiger partial charge in [0, 0.05) is 0 Å². The van der Waals surface area contributed by atoms with E-state index in [1.807, 2.05) is 25.4 Å². The first-order valence-electron chi connectivity index (χ1n) is 2.35. The van der Waals surface area contributed by atoms with Crippen LogP contribution in [0.25, 0.3) is 0 Å². The van der Waals surface area contributed by atoms with E-state index < -0.39 is 0 Å². The molecule has 0 bridgehead atoms. The van der Waals surface area contributed by atoms with Crippen LogP contribution in [0, 0.1) is 6.42 Å². The summed E-state index contributed by atoms with van der Waals surface area (Å²) >= 11 is 0. The van der Waals surface area contributed by atoms with Crippen LogP contribution in [0.3, 0.4) is 0 Å². The van der Waals surface area contributed by atoms with Gasteiger partial charge in [0.25, 0.3) is 0 Å². The largest absolute Gasteiger partial charge is 0.430 e. The van der Waals surface area contributed by atoms with Crippen molar-refractivity contribution in [3.05, 3.63) is 30.4 Å². The molecular weight excluding hydrogens is 86.1 g/mol. The van der Waals surface area contributed by atoms with Crippen LogP contribution < -0.4 is 0 Å². The summed E-state index contributed by atoms with van der Waals surface area (Å²) in [4.78, 5) is 2.95. The van der Waals surface area contributed by atoms with Gasteiger partial charge >= 0.3 is 0 Å². The minimum absolute atomic E-state index is 1.25. The topological polar surface area (TPSA) is 15.8 Å². The molecule has 0 saturated carbocycles. The van der Waals surface area contributed by atoms with Crippen LogP contribution in [-0.2, 0) is 0 Å². The van der Waals surface area contributed by atoms with Gasteiger partial charge in [0.2, 0.25) is 0 Å². The normalized spacial score (nSPS) is 8.71. The first-order valence-corrected chi connectivity index (χ1v) is 2.35. The minimum atomic E-state index is 1.25. The maximum atomic E-state index is 2.95. The molecule has 0 unspecified atom stereocenters. The fourth-order valence-corrected chi connectivity index (χ4v) is 0.516. The third-order valence-corrected chi connectivity index (χ3v) is 0.955. The van der Waals surface area contributed by atoms with E-state index in [1.165, 1.54) is 5.56 Å². The summed E-state index contributed by atoms with van der Waals surface area (Å²) in [6.45, 7) is 2.02. The lowest BCUT2D eigenvalue weighted by molar-refractivity contribution is 1.38. The molecule has 1 aromatic heterocycles. The zero-order valence-corrected chi connectivity index (χ0v) is 4.31. The molecule has 1 aromatic rings. The standard InChI is InChI=1S/C6H8N/c1-2-6-3-4-7-5-6/h2-5,7H,1H3/q-1. The molecule has 7 heavy (non-hydrogen) atoms. The molecule has 1 rings (SSSR count). The lowest BCUT2D eigenvalue weighted by Gasteiger charge is -1.91. The van der Waals surface area contributed by atoms with Gasteiger partial charge in [-0.05, 0) is 0 Å². The molecule has 0 aliphatic rings. The van der Waals surface area contributed by atoms with Crippen molar-refractivity contribution in [2.75, 3.05) is 0 Å². The fourth-order valence-electron chi connectivity index (χ4n) is 0.516. The lowest BCUT2D eigenvalue weighted by Crippen LogP contribution is -1.63. The number of nitrogens with one attached hydrogen (secondary N) is 1. The number of hydrogen-bond donors (Lipinski definition) is 1. The monoisotopic (exact) mass is 94.1 g/mol. The number of aromatic amines is 1. The second kappa shape index (κ2) is 1.73. The third kappa shape index (κ3) is 0.769. The number of rotatable bonds is 1. The van der Waals surface area contributed by atoms with Gasteiger partial charge < -0.3 is 4.98 Å². The molecule has 0 spiro atoms. The van der Waals surface area contributed by atoms with Crippen molar-refractivity contribution in [1.82, 2.24) is 4.98 Å². The maximum Gasteiger partial charge on any atom is -0.0673 e. The molecule has 0 amide bonds. The van der Waals surface area contributed by atoms with Crippen LogP contribution in [0.5, 0.6) is 0 Å². The van der Waals surface area contributed by atoms with Crippen molar-refractivity contribution >= 4 is 0 Å². The molecule has 0 aromatic carbocycles. The van der Waals surface area contributed by atoms with E-state index >= 15 is 0 Å². The Kier molecular flexibility index (Phi) is 1.07. The van der Waals surface area contributed by atoms with E-state index in [0.717, 1.165) is 0 Å². The van der Waals surface area contributed by atoms with Gasteiger partial charge in [0.05, 0.1) is 0 Å². The van der Waals surface area contributed by atoms with Crippen molar-refractivity contribution < 1.29 is 0 Å². The molecule has 0 radical (unpaired) electrons. The van der Waals surface area contributed by atoms with E-state index in [2.05, 4.69) is 11.4 Å². The Morgan fingerprint density at radius 1 is 1.71 bits per heavy atom. The van der Waals surface area contributed by atoms with Crippen molar-refractivity contribution in [3.8, 4) is 0 Å². The molecule has 0 fully saturated rings. The predicted molar refractivity (Wildman–Crippen MR) is 29.9 cm³/mol. The van der Waals surface area contributed by atoms with Gasteiger partial charge in [-0.3, -0.25) is 0 Å². The van der Waals surface area contributed by atoms with E-state index in [0.29, 0.717) is 0 Å². The highest BCUT2D eigenvalue weighted by molar-refractivity contribution is 5.16. The zero-order valence-electron chi connectivity index (χ0n) is 4.31. The Balaban J connectivity index is 2.76. The summed E-state index contributed by atoms with van der Waals surface area (Å²) in [5.41, 5.74) is 1.25. The second-order valence-electron chi connectivity index (χ2n) is 1.43. The van der Waals surface area contributed by atoms with Crippen LogP contribution in [-0.4, -0.2) is 4.98 Å². The second-order valence-corrected chi connectivity index (χ2v) is 1.43. The number of H-pyrrole nitrogens is 1. The number of aromatic nitrogens is 1. The van der Waals surface area contributed by atoms with Crippen LogP contribution in [0.2, 0.25) is 0 Å². The molecule has 1 N–H and O–H groups in total. The zero-order chi connectivity index (χ0) is 5.11. The van der Waals surface area contributed by atoms with E-state index in [9.17, 15) is 0 Å². The van der Waals surface area contributed by atoms with Crippen molar-refractivity contribution in [2.45, 2.75) is 6.92 Å². The molecule has 0 aliphatic carbocycles. The predicted octanol–water partition coefficient (Wildman–Crippen LogP) is 1.59. The van der Waals surface area contributed by atoms with Gasteiger partial charge in [-0.25, -0.2) is 0 Å². The Morgan fingerprint density at radius 2 is 2.57 bits per heavy atom. The first-order chi connectivity index (χ1) is 3.43. The average Bonchev–Trinajstić information content (AvgIpc) is 2.14. The highest BCUT2D eigenvalue weighted by Gasteiger charge is 1.69.